The average Bonchev–Trinajstić information content (AvgIpc) is 3.19. The van der Waals surface area contributed by atoms with E-state index in [1.54, 1.807) is 0 Å². The molecule has 3 aliphatic rings. The summed E-state index contributed by atoms with van der Waals surface area (Å²) >= 11 is 6.35. The van der Waals surface area contributed by atoms with Crippen molar-refractivity contribution in [3.8, 4) is 0 Å². The first kappa shape index (κ1) is 18.9. The minimum absolute atomic E-state index is 0.259. The van der Waals surface area contributed by atoms with Crippen LogP contribution in [0.2, 0.25) is 5.02 Å². The third kappa shape index (κ3) is 4.54. The number of hydrazine groups is 1. The molecule has 0 saturated carbocycles. The quantitative estimate of drug-likeness (QED) is 0.694. The van der Waals surface area contributed by atoms with Crippen LogP contribution in [0.15, 0.2) is 35.9 Å². The molecule has 27 heavy (non-hydrogen) atoms. The maximum absolute atomic E-state index is 12.6. The number of nitrogens with one attached hydrogen (secondary N) is 3. The van der Waals surface area contributed by atoms with Crippen LogP contribution >= 0.6 is 11.6 Å². The maximum Gasteiger partial charge on any atom is 0.226 e. The minimum Gasteiger partial charge on any atom is -0.342 e. The van der Waals surface area contributed by atoms with Crippen molar-refractivity contribution in [1.29, 1.82) is 0 Å². The van der Waals surface area contributed by atoms with Gasteiger partial charge in [-0.2, -0.15) is 0 Å². The minimum atomic E-state index is 0.259. The Labute approximate surface area is 166 Å². The summed E-state index contributed by atoms with van der Waals surface area (Å²) in [6.45, 7) is 3.65. The molecule has 2 atom stereocenters. The van der Waals surface area contributed by atoms with Crippen LogP contribution in [0.25, 0.3) is 0 Å². The Bertz CT molecular complexity index is 699. The molecule has 4 rings (SSSR count). The molecule has 1 aromatic rings. The standard InChI is InChI=1S/C21H29ClN4O/c22-18-4-2-1-3-17(18)20-14-19(24-25-20)16-7-11-26(12-8-16)21(27)13-15-5-9-23-10-6-15/h1-5,16,19-20,23-25H,6-14H2. The van der Waals surface area contributed by atoms with E-state index >= 15 is 0 Å². The number of nitrogens with zero attached hydrogens (tertiary/aromatic N) is 1. The highest BCUT2D eigenvalue weighted by atomic mass is 35.5. The Morgan fingerprint density at radius 1 is 1.19 bits per heavy atom. The van der Waals surface area contributed by atoms with Gasteiger partial charge in [-0.25, -0.2) is 5.43 Å². The van der Waals surface area contributed by atoms with Gasteiger partial charge in [0.1, 0.15) is 0 Å². The number of carbonyl (C=O) groups is 1. The maximum atomic E-state index is 12.6. The van der Waals surface area contributed by atoms with Gasteiger partial charge in [0.2, 0.25) is 5.91 Å². The third-order valence-electron chi connectivity index (χ3n) is 6.21. The van der Waals surface area contributed by atoms with Crippen molar-refractivity contribution >= 4 is 17.5 Å². The fourth-order valence-electron chi connectivity index (χ4n) is 4.54. The Hall–Kier alpha value is -1.40. The van der Waals surface area contributed by atoms with Crippen LogP contribution in [0.3, 0.4) is 0 Å². The second-order valence-electron chi connectivity index (χ2n) is 7.92. The lowest BCUT2D eigenvalue weighted by Gasteiger charge is -2.35. The van der Waals surface area contributed by atoms with Crippen molar-refractivity contribution in [2.75, 3.05) is 26.2 Å². The molecule has 2 saturated heterocycles. The number of rotatable bonds is 4. The Balaban J connectivity index is 1.26. The highest BCUT2D eigenvalue weighted by Crippen LogP contribution is 2.33. The predicted molar refractivity (Wildman–Crippen MR) is 108 cm³/mol. The molecule has 2 fully saturated rings. The monoisotopic (exact) mass is 388 g/mol. The Kier molecular flexibility index (Phi) is 6.13. The first-order valence-corrected chi connectivity index (χ1v) is 10.5. The van der Waals surface area contributed by atoms with E-state index in [4.69, 9.17) is 11.6 Å². The average molecular weight is 389 g/mol. The van der Waals surface area contributed by atoms with Gasteiger partial charge >= 0.3 is 0 Å². The van der Waals surface area contributed by atoms with Crippen LogP contribution < -0.4 is 16.2 Å². The van der Waals surface area contributed by atoms with Gasteiger partial charge in [-0.15, -0.1) is 0 Å². The van der Waals surface area contributed by atoms with Crippen LogP contribution in [-0.2, 0) is 4.79 Å². The normalized spacial score (nSPS) is 26.9. The van der Waals surface area contributed by atoms with E-state index in [-0.39, 0.29) is 6.04 Å². The summed E-state index contributed by atoms with van der Waals surface area (Å²) in [5.41, 5.74) is 9.36. The van der Waals surface area contributed by atoms with Gasteiger partial charge in [-0.3, -0.25) is 10.2 Å². The number of likely N-dealkylation sites (tertiary alicyclic amines) is 1. The Morgan fingerprint density at radius 2 is 2.00 bits per heavy atom. The first-order valence-electron chi connectivity index (χ1n) is 10.1. The van der Waals surface area contributed by atoms with Gasteiger partial charge in [0, 0.05) is 43.2 Å². The van der Waals surface area contributed by atoms with E-state index in [1.807, 2.05) is 18.2 Å². The molecule has 3 aliphatic heterocycles. The molecule has 0 aliphatic carbocycles. The molecule has 3 heterocycles. The Morgan fingerprint density at radius 3 is 2.74 bits per heavy atom. The summed E-state index contributed by atoms with van der Waals surface area (Å²) in [6.07, 6.45) is 6.97. The molecule has 6 heteroatoms. The van der Waals surface area contributed by atoms with Crippen LogP contribution in [0, 0.1) is 5.92 Å². The predicted octanol–water partition coefficient (Wildman–Crippen LogP) is 2.80. The zero-order valence-electron chi connectivity index (χ0n) is 15.7. The molecule has 0 spiro atoms. The summed E-state index contributed by atoms with van der Waals surface area (Å²) < 4.78 is 0. The van der Waals surface area contributed by atoms with Gasteiger partial charge in [-0.1, -0.05) is 41.4 Å². The van der Waals surface area contributed by atoms with Crippen molar-refractivity contribution in [1.82, 2.24) is 21.1 Å². The molecule has 1 amide bonds. The highest BCUT2D eigenvalue weighted by molar-refractivity contribution is 6.31. The molecule has 3 N–H and O–H groups in total. The van der Waals surface area contributed by atoms with Crippen molar-refractivity contribution < 1.29 is 4.79 Å². The van der Waals surface area contributed by atoms with Gasteiger partial charge in [0.15, 0.2) is 0 Å². The molecular weight excluding hydrogens is 360 g/mol. The smallest absolute Gasteiger partial charge is 0.226 e. The van der Waals surface area contributed by atoms with Gasteiger partial charge in [0.25, 0.3) is 0 Å². The molecule has 2 unspecified atom stereocenters. The van der Waals surface area contributed by atoms with Crippen LogP contribution in [-0.4, -0.2) is 43.0 Å². The number of benzene rings is 1. The fraction of sp³-hybridized carbons (Fsp3) is 0.571. The van der Waals surface area contributed by atoms with Crippen LogP contribution in [0.5, 0.6) is 0 Å². The lowest BCUT2D eigenvalue weighted by atomic mass is 9.86. The van der Waals surface area contributed by atoms with E-state index in [2.05, 4.69) is 33.2 Å². The van der Waals surface area contributed by atoms with Crippen molar-refractivity contribution in [2.45, 2.75) is 44.2 Å². The highest BCUT2D eigenvalue weighted by Gasteiger charge is 2.34. The van der Waals surface area contributed by atoms with Gasteiger partial charge < -0.3 is 10.2 Å². The zero-order chi connectivity index (χ0) is 18.6. The van der Waals surface area contributed by atoms with E-state index in [1.165, 1.54) is 5.57 Å². The molecule has 146 valence electrons. The third-order valence-corrected chi connectivity index (χ3v) is 6.56. The SMILES string of the molecule is O=C(CC1=CCNCC1)N1CCC(C2CC(c3ccccc3Cl)NN2)CC1. The van der Waals surface area contributed by atoms with Gasteiger partial charge in [-0.05, 0) is 49.8 Å². The molecule has 0 bridgehead atoms. The van der Waals surface area contributed by atoms with Crippen molar-refractivity contribution in [2.24, 2.45) is 5.92 Å². The number of halogens is 1. The second kappa shape index (κ2) is 8.74. The number of hydrogen-bond donors (Lipinski definition) is 3. The van der Waals surface area contributed by atoms with E-state index in [0.29, 0.717) is 24.3 Å². The number of hydrogen-bond acceptors (Lipinski definition) is 4. The summed E-state index contributed by atoms with van der Waals surface area (Å²) in [6, 6.07) is 8.76. The first-order chi connectivity index (χ1) is 13.2. The molecule has 1 aromatic carbocycles. The second-order valence-corrected chi connectivity index (χ2v) is 8.32. The lowest BCUT2D eigenvalue weighted by Crippen LogP contribution is -2.44. The number of carbonyl (C=O) groups excluding carboxylic acids is 1. The van der Waals surface area contributed by atoms with Crippen LogP contribution in [0.1, 0.15) is 43.7 Å². The van der Waals surface area contributed by atoms with Crippen LogP contribution in [0.4, 0.5) is 0 Å². The topological polar surface area (TPSA) is 56.4 Å². The largest absolute Gasteiger partial charge is 0.342 e. The van der Waals surface area contributed by atoms with Crippen molar-refractivity contribution in [3.63, 3.8) is 0 Å². The van der Waals surface area contributed by atoms with E-state index < -0.39 is 0 Å². The molecule has 0 radical (unpaired) electrons. The summed E-state index contributed by atoms with van der Waals surface area (Å²) in [5.74, 6) is 0.903. The van der Waals surface area contributed by atoms with E-state index in [0.717, 1.165) is 62.4 Å². The number of amides is 1. The zero-order valence-corrected chi connectivity index (χ0v) is 16.5. The molecule has 5 nitrogen and oxygen atoms in total. The summed E-state index contributed by atoms with van der Waals surface area (Å²) in [7, 11) is 0. The van der Waals surface area contributed by atoms with E-state index in [9.17, 15) is 4.79 Å². The molecular formula is C21H29ClN4O. The lowest BCUT2D eigenvalue weighted by molar-refractivity contribution is -0.132. The van der Waals surface area contributed by atoms with Gasteiger partial charge in [0.05, 0.1) is 0 Å². The molecule has 0 aromatic heterocycles. The fourth-order valence-corrected chi connectivity index (χ4v) is 4.81. The number of piperidine rings is 1. The van der Waals surface area contributed by atoms with Crippen molar-refractivity contribution in [3.05, 3.63) is 46.5 Å². The summed E-state index contributed by atoms with van der Waals surface area (Å²) in [5, 5.41) is 4.13. The summed E-state index contributed by atoms with van der Waals surface area (Å²) in [4.78, 5) is 14.7.